The fourth-order valence-electron chi connectivity index (χ4n) is 2.75. The van der Waals surface area contributed by atoms with Crippen molar-refractivity contribution in [3.05, 3.63) is 71.7 Å². The zero-order chi connectivity index (χ0) is 27.6. The van der Waals surface area contributed by atoms with Crippen molar-refractivity contribution < 1.29 is 24.6 Å². The van der Waals surface area contributed by atoms with Gasteiger partial charge in [0.05, 0.1) is 6.85 Å². The molecule has 3 nitrogen and oxygen atoms in total. The maximum Gasteiger partial charge on any atom is 0.306 e. The summed E-state index contributed by atoms with van der Waals surface area (Å²) in [5, 5.41) is 0. The Hall–Kier alpha value is -1.84. The van der Waals surface area contributed by atoms with Crippen LogP contribution in [0.15, 0.2) is 60.5 Å². The summed E-state index contributed by atoms with van der Waals surface area (Å²) in [5.74, 6) is -1.91. The molecule has 0 aromatic heterocycles. The van der Waals surface area contributed by atoms with Gasteiger partial charge in [-0.2, -0.15) is 0 Å². The lowest BCUT2D eigenvalue weighted by Gasteiger charge is -2.40. The van der Waals surface area contributed by atoms with Gasteiger partial charge in [0.1, 0.15) is 5.60 Å². The SMILES string of the molecule is Cl.[2H]c1c([2H])c([2H])c([C@@](Cc2ccccc2)(OC(=O)CC)[C@H](C)CN(C([2H])([2H])[2H])C([2H])([2H])[2H])c([2H])c1[2H]. The number of ether oxygens (including phenoxy) is 1. The van der Waals surface area contributed by atoms with E-state index in [0.717, 1.165) is 0 Å². The average molecular weight is 387 g/mol. The lowest BCUT2D eigenvalue weighted by molar-refractivity contribution is -0.168. The maximum atomic E-state index is 12.7. The highest BCUT2D eigenvalue weighted by atomic mass is 35.5. The van der Waals surface area contributed by atoms with Gasteiger partial charge < -0.3 is 9.64 Å². The van der Waals surface area contributed by atoms with Crippen molar-refractivity contribution in [1.82, 2.24) is 4.90 Å². The van der Waals surface area contributed by atoms with E-state index in [9.17, 15) is 4.79 Å². The second-order valence-electron chi connectivity index (χ2n) is 5.89. The molecule has 142 valence electrons. The molecule has 0 amide bonds. The number of nitrogens with zero attached hydrogens (tertiary/aromatic N) is 1. The van der Waals surface area contributed by atoms with Gasteiger partial charge in [0, 0.05) is 33.5 Å². The molecule has 2 rings (SSSR count). The molecule has 2 aromatic carbocycles. The largest absolute Gasteiger partial charge is 0.453 e. The van der Waals surface area contributed by atoms with Crippen molar-refractivity contribution >= 4 is 18.4 Å². The lowest BCUT2D eigenvalue weighted by Crippen LogP contribution is -2.44. The number of carbonyl (C=O) groups excluding carboxylic acids is 1. The lowest BCUT2D eigenvalue weighted by atomic mass is 9.77. The molecule has 0 saturated heterocycles. The summed E-state index contributed by atoms with van der Waals surface area (Å²) in [6.07, 6.45) is -0.311. The molecule has 0 aliphatic rings. The first kappa shape index (κ1) is 10.5. The first-order valence-corrected chi connectivity index (χ1v) is 8.08. The van der Waals surface area contributed by atoms with E-state index >= 15 is 0 Å². The molecule has 0 saturated carbocycles. The molecule has 4 heteroatoms. The minimum absolute atomic E-state index is 0. The molecule has 26 heavy (non-hydrogen) atoms. The van der Waals surface area contributed by atoms with E-state index in [2.05, 4.69) is 0 Å². The Kier molecular flexibility index (Phi) is 4.17. The van der Waals surface area contributed by atoms with Gasteiger partial charge in [-0.1, -0.05) is 74.4 Å². The molecule has 0 aliphatic heterocycles. The van der Waals surface area contributed by atoms with Crippen LogP contribution >= 0.6 is 12.4 Å². The number of rotatable bonds is 8. The van der Waals surface area contributed by atoms with Gasteiger partial charge in [-0.25, -0.2) is 0 Å². The van der Waals surface area contributed by atoms with Crippen molar-refractivity contribution in [3.63, 3.8) is 0 Å². The van der Waals surface area contributed by atoms with Gasteiger partial charge in [0.15, 0.2) is 0 Å². The van der Waals surface area contributed by atoms with Crippen molar-refractivity contribution in [3.8, 4) is 0 Å². The molecule has 0 bridgehead atoms. The zero-order valence-electron chi connectivity index (χ0n) is 25.8. The standard InChI is InChI=1S/C22H29NO2.ClH/c1-5-21(24)25-22(18(2)17-23(3)4,20-14-10-7-11-15-20)16-19-12-8-6-9-13-19;/h6-15,18H,5,16-17H2,1-4H3;1H/t18-,22+;/m1./s1/i3D3,4D3,7D,10D,11D,14D,15D;. The number of halogens is 1. The number of esters is 1. The summed E-state index contributed by atoms with van der Waals surface area (Å²) in [5.41, 5.74) is -1.77. The van der Waals surface area contributed by atoms with Crippen LogP contribution in [-0.4, -0.2) is 31.4 Å². The highest BCUT2D eigenvalue weighted by Gasteiger charge is 2.42. The van der Waals surface area contributed by atoms with Crippen LogP contribution in [0.1, 0.15) is 46.5 Å². The number of benzene rings is 2. The van der Waals surface area contributed by atoms with Crippen LogP contribution in [-0.2, 0) is 21.6 Å². The second-order valence-corrected chi connectivity index (χ2v) is 5.89. The molecule has 0 heterocycles. The van der Waals surface area contributed by atoms with Crippen LogP contribution in [0.2, 0.25) is 0 Å². The number of hydrogen-bond donors (Lipinski definition) is 0. The predicted octanol–water partition coefficient (Wildman–Crippen LogP) is 4.70. The van der Waals surface area contributed by atoms with Crippen LogP contribution in [0.3, 0.4) is 0 Å². The highest BCUT2D eigenvalue weighted by molar-refractivity contribution is 5.85. The third-order valence-corrected chi connectivity index (χ3v) is 4.07. The first-order valence-electron chi connectivity index (χ1n) is 13.6. The van der Waals surface area contributed by atoms with Gasteiger partial charge in [-0.3, -0.25) is 4.79 Å². The molecule has 0 N–H and O–H groups in total. The quantitative estimate of drug-likeness (QED) is 0.616. The van der Waals surface area contributed by atoms with Gasteiger partial charge in [-0.05, 0) is 25.1 Å². The van der Waals surface area contributed by atoms with E-state index in [-0.39, 0.29) is 30.8 Å². The van der Waals surface area contributed by atoms with E-state index in [1.54, 1.807) is 30.3 Å². The Labute approximate surface area is 179 Å². The van der Waals surface area contributed by atoms with Gasteiger partial charge >= 0.3 is 5.97 Å². The van der Waals surface area contributed by atoms with E-state index in [1.165, 1.54) is 13.8 Å². The van der Waals surface area contributed by atoms with Gasteiger partial charge in [0.25, 0.3) is 0 Å². The van der Waals surface area contributed by atoms with Crippen LogP contribution in [0, 0.1) is 5.92 Å². The molecule has 2 aromatic rings. The molecule has 0 unspecified atom stereocenters. The van der Waals surface area contributed by atoms with Gasteiger partial charge in [-0.15, -0.1) is 12.4 Å². The van der Waals surface area contributed by atoms with Crippen molar-refractivity contribution in [1.29, 1.82) is 0 Å². The van der Waals surface area contributed by atoms with Crippen LogP contribution in [0.25, 0.3) is 0 Å². The molecule has 0 aliphatic carbocycles. The Morgan fingerprint density at radius 3 is 2.46 bits per heavy atom. The summed E-state index contributed by atoms with van der Waals surface area (Å²) >= 11 is 0. The fourth-order valence-corrected chi connectivity index (χ4v) is 2.75. The molecule has 0 spiro atoms. The van der Waals surface area contributed by atoms with Gasteiger partial charge in [0.2, 0.25) is 0 Å². The van der Waals surface area contributed by atoms with E-state index in [4.69, 9.17) is 19.8 Å². The highest BCUT2D eigenvalue weighted by Crippen LogP contribution is 2.38. The molecule has 2 atom stereocenters. The monoisotopic (exact) mass is 386 g/mol. The van der Waals surface area contributed by atoms with Crippen molar-refractivity contribution in [2.75, 3.05) is 20.5 Å². The van der Waals surface area contributed by atoms with Crippen molar-refractivity contribution in [2.45, 2.75) is 32.3 Å². The van der Waals surface area contributed by atoms with Crippen molar-refractivity contribution in [2.24, 2.45) is 5.92 Å². The fraction of sp³-hybridized carbons (Fsp3) is 0.409. The average Bonchev–Trinajstić information content (AvgIpc) is 2.78. The third-order valence-electron chi connectivity index (χ3n) is 4.07. The summed E-state index contributed by atoms with van der Waals surface area (Å²) in [4.78, 5) is 13.0. The smallest absolute Gasteiger partial charge is 0.306 e. The van der Waals surface area contributed by atoms with E-state index in [1.807, 2.05) is 0 Å². The summed E-state index contributed by atoms with van der Waals surface area (Å²) in [7, 11) is 0. The number of hydrogen-bond acceptors (Lipinski definition) is 3. The zero-order valence-corrected chi connectivity index (χ0v) is 15.6. The minimum atomic E-state index is -3.05. The normalized spacial score (nSPS) is 21.3. The summed E-state index contributed by atoms with van der Waals surface area (Å²) in [6, 6.07) is 5.29. The Morgan fingerprint density at radius 2 is 1.88 bits per heavy atom. The molecule has 0 radical (unpaired) electrons. The second kappa shape index (κ2) is 10.3. The minimum Gasteiger partial charge on any atom is -0.453 e. The third kappa shape index (κ3) is 5.58. The van der Waals surface area contributed by atoms with Crippen LogP contribution in [0.4, 0.5) is 0 Å². The Balaban J connectivity index is 0.00000684. The molecular weight excluding hydrogens is 346 g/mol. The first-order chi connectivity index (χ1) is 16.5. The predicted molar refractivity (Wildman–Crippen MR) is 110 cm³/mol. The summed E-state index contributed by atoms with van der Waals surface area (Å²) in [6.45, 7) is -3.80. The van der Waals surface area contributed by atoms with Crippen LogP contribution < -0.4 is 0 Å². The van der Waals surface area contributed by atoms with E-state index in [0.29, 0.717) is 10.5 Å². The number of carbonyl (C=O) groups is 1. The van der Waals surface area contributed by atoms with E-state index < -0.39 is 68.2 Å². The molecular formula is C22H30ClNO2. The molecule has 0 fully saturated rings. The maximum absolute atomic E-state index is 12.7. The topological polar surface area (TPSA) is 29.5 Å². The summed E-state index contributed by atoms with van der Waals surface area (Å²) < 4.78 is 93.9. The Morgan fingerprint density at radius 1 is 1.23 bits per heavy atom. The van der Waals surface area contributed by atoms with Crippen LogP contribution in [0.5, 0.6) is 0 Å². The Bertz CT molecular complexity index is 1050.